The van der Waals surface area contributed by atoms with E-state index in [1.165, 1.54) is 0 Å². The van der Waals surface area contributed by atoms with Gasteiger partial charge in [-0.3, -0.25) is 9.48 Å². The molecule has 170 valence electrons. The molecule has 6 rings (SSSR count). The Morgan fingerprint density at radius 1 is 1.03 bits per heavy atom. The number of hydrogen-bond acceptors (Lipinski definition) is 5. The third kappa shape index (κ3) is 3.41. The van der Waals surface area contributed by atoms with Gasteiger partial charge in [0.25, 0.3) is 0 Å². The third-order valence-corrected chi connectivity index (χ3v) is 6.84. The molecule has 1 aliphatic rings. The number of fused-ring (bicyclic) bond motifs is 2. The summed E-state index contributed by atoms with van der Waals surface area (Å²) in [5.41, 5.74) is 9.72. The molecular formula is C27H25N5O2. The fraction of sp³-hybridized carbons (Fsp3) is 0.222. The van der Waals surface area contributed by atoms with Crippen LogP contribution in [-0.2, 0) is 4.79 Å². The third-order valence-electron chi connectivity index (χ3n) is 6.84. The lowest BCUT2D eigenvalue weighted by Gasteiger charge is -2.31. The summed E-state index contributed by atoms with van der Waals surface area (Å²) in [6.45, 7) is 3.15. The zero-order chi connectivity index (χ0) is 23.2. The van der Waals surface area contributed by atoms with E-state index in [0.29, 0.717) is 11.4 Å². The molecule has 0 saturated carbocycles. The second kappa shape index (κ2) is 8.02. The first-order chi connectivity index (χ1) is 16.6. The molecule has 0 bridgehead atoms. The van der Waals surface area contributed by atoms with E-state index in [1.54, 1.807) is 13.1 Å². The lowest BCUT2D eigenvalue weighted by molar-refractivity contribution is -0.130. The molecule has 0 aliphatic carbocycles. The summed E-state index contributed by atoms with van der Waals surface area (Å²) in [5.74, 6) is 1.27. The van der Waals surface area contributed by atoms with Crippen molar-refractivity contribution in [2.75, 3.05) is 18.8 Å². The molecule has 7 heteroatoms. The molecule has 1 saturated heterocycles. The average molecular weight is 452 g/mol. The molecule has 2 aromatic carbocycles. The highest BCUT2D eigenvalue weighted by Crippen LogP contribution is 2.38. The van der Waals surface area contributed by atoms with Gasteiger partial charge in [0.05, 0.1) is 12.2 Å². The van der Waals surface area contributed by atoms with Crippen LogP contribution in [0.15, 0.2) is 71.5 Å². The highest BCUT2D eigenvalue weighted by atomic mass is 16.3. The van der Waals surface area contributed by atoms with Crippen LogP contribution in [0.25, 0.3) is 44.2 Å². The summed E-state index contributed by atoms with van der Waals surface area (Å²) in [5, 5.41) is 7.85. The van der Waals surface area contributed by atoms with Crippen LogP contribution in [0.2, 0.25) is 0 Å². The van der Waals surface area contributed by atoms with Crippen molar-refractivity contribution >= 4 is 33.5 Å². The van der Waals surface area contributed by atoms with Crippen molar-refractivity contribution in [3.05, 3.63) is 67.1 Å². The van der Waals surface area contributed by atoms with Crippen molar-refractivity contribution in [1.29, 1.82) is 0 Å². The standard InChI is InChI=1S/C27H25N5O2/c1-17(33)31-11-9-20(10-12-31)32-16-19(14-30-32)24-15-29-27(28)26-23(24)13-25(34-26)22-8-4-6-18-5-2-3-7-21(18)22/h2-8,13-16,20H,9-12H2,1H3,(H2,28,29). The summed E-state index contributed by atoms with van der Waals surface area (Å²) in [7, 11) is 0. The predicted octanol–water partition coefficient (Wildman–Crippen LogP) is 5.28. The quantitative estimate of drug-likeness (QED) is 0.403. The number of nitrogens with zero attached hydrogens (tertiary/aromatic N) is 4. The number of rotatable bonds is 3. The number of amides is 1. The Bertz CT molecular complexity index is 1520. The van der Waals surface area contributed by atoms with Crippen LogP contribution < -0.4 is 5.73 Å². The summed E-state index contributed by atoms with van der Waals surface area (Å²) < 4.78 is 8.27. The zero-order valence-corrected chi connectivity index (χ0v) is 18.9. The summed E-state index contributed by atoms with van der Waals surface area (Å²) in [6, 6.07) is 16.8. The van der Waals surface area contributed by atoms with Crippen molar-refractivity contribution in [3.8, 4) is 22.5 Å². The molecule has 1 fully saturated rings. The normalized spacial score (nSPS) is 14.8. The van der Waals surface area contributed by atoms with Gasteiger partial charge in [-0.2, -0.15) is 5.10 Å². The SMILES string of the molecule is CC(=O)N1CCC(n2cc(-c3cnc(N)c4oc(-c5cccc6ccccc56)cc34)cn2)CC1. The molecule has 1 aliphatic heterocycles. The fourth-order valence-electron chi connectivity index (χ4n) is 4.97. The topological polar surface area (TPSA) is 90.2 Å². The second-order valence-electron chi connectivity index (χ2n) is 8.88. The van der Waals surface area contributed by atoms with E-state index in [4.69, 9.17) is 10.2 Å². The lowest BCUT2D eigenvalue weighted by Crippen LogP contribution is -2.37. The first-order valence-electron chi connectivity index (χ1n) is 11.5. The molecule has 0 unspecified atom stereocenters. The number of aromatic nitrogens is 3. The van der Waals surface area contributed by atoms with Crippen molar-refractivity contribution in [2.24, 2.45) is 0 Å². The minimum atomic E-state index is 0.136. The van der Waals surface area contributed by atoms with Gasteiger partial charge in [0.1, 0.15) is 5.76 Å². The fourth-order valence-corrected chi connectivity index (χ4v) is 4.97. The van der Waals surface area contributed by atoms with Crippen LogP contribution >= 0.6 is 0 Å². The lowest BCUT2D eigenvalue weighted by atomic mass is 10.0. The highest BCUT2D eigenvalue weighted by Gasteiger charge is 2.23. The maximum Gasteiger partial charge on any atom is 0.219 e. The minimum Gasteiger partial charge on any atom is -0.452 e. The van der Waals surface area contributed by atoms with Gasteiger partial charge in [-0.05, 0) is 29.7 Å². The molecule has 0 atom stereocenters. The number of carbonyl (C=O) groups is 1. The smallest absolute Gasteiger partial charge is 0.219 e. The molecule has 7 nitrogen and oxygen atoms in total. The number of carbonyl (C=O) groups excluding carboxylic acids is 1. The Hall–Kier alpha value is -4.13. The second-order valence-corrected chi connectivity index (χ2v) is 8.88. The number of benzene rings is 2. The van der Waals surface area contributed by atoms with Gasteiger partial charge in [-0.1, -0.05) is 42.5 Å². The van der Waals surface area contributed by atoms with Crippen LogP contribution in [0.5, 0.6) is 0 Å². The number of pyridine rings is 1. The maximum atomic E-state index is 11.6. The molecule has 0 spiro atoms. The number of furan rings is 1. The maximum absolute atomic E-state index is 11.6. The van der Waals surface area contributed by atoms with E-state index in [-0.39, 0.29) is 11.9 Å². The zero-order valence-electron chi connectivity index (χ0n) is 18.9. The van der Waals surface area contributed by atoms with Gasteiger partial charge in [-0.15, -0.1) is 0 Å². The van der Waals surface area contributed by atoms with Crippen LogP contribution in [0.4, 0.5) is 5.82 Å². The Labute approximate surface area is 196 Å². The summed E-state index contributed by atoms with van der Waals surface area (Å²) in [4.78, 5) is 17.9. The summed E-state index contributed by atoms with van der Waals surface area (Å²) in [6.07, 6.45) is 7.51. The predicted molar refractivity (Wildman–Crippen MR) is 133 cm³/mol. The van der Waals surface area contributed by atoms with Crippen molar-refractivity contribution in [2.45, 2.75) is 25.8 Å². The van der Waals surface area contributed by atoms with Crippen molar-refractivity contribution < 1.29 is 9.21 Å². The van der Waals surface area contributed by atoms with E-state index in [0.717, 1.165) is 64.5 Å². The first kappa shape index (κ1) is 20.5. The van der Waals surface area contributed by atoms with E-state index < -0.39 is 0 Å². The molecule has 3 aromatic heterocycles. The van der Waals surface area contributed by atoms with Crippen LogP contribution in [-0.4, -0.2) is 38.7 Å². The van der Waals surface area contributed by atoms with Gasteiger partial charge in [-0.25, -0.2) is 4.98 Å². The molecule has 0 radical (unpaired) electrons. The molecule has 2 N–H and O–H groups in total. The van der Waals surface area contributed by atoms with Gasteiger partial charge in [0.2, 0.25) is 5.91 Å². The number of nitrogens with two attached hydrogens (primary N) is 1. The van der Waals surface area contributed by atoms with E-state index in [1.807, 2.05) is 40.0 Å². The highest BCUT2D eigenvalue weighted by molar-refractivity contribution is 6.03. The minimum absolute atomic E-state index is 0.136. The average Bonchev–Trinajstić information content (AvgIpc) is 3.53. The number of piperidine rings is 1. The molecular weight excluding hydrogens is 426 g/mol. The largest absolute Gasteiger partial charge is 0.452 e. The Morgan fingerprint density at radius 2 is 1.82 bits per heavy atom. The Kier molecular flexibility index (Phi) is 4.83. The molecule has 5 aromatic rings. The molecule has 4 heterocycles. The van der Waals surface area contributed by atoms with E-state index in [9.17, 15) is 4.79 Å². The monoisotopic (exact) mass is 451 g/mol. The summed E-state index contributed by atoms with van der Waals surface area (Å²) >= 11 is 0. The van der Waals surface area contributed by atoms with Gasteiger partial charge in [0, 0.05) is 54.5 Å². The van der Waals surface area contributed by atoms with Crippen molar-refractivity contribution in [3.63, 3.8) is 0 Å². The number of hydrogen-bond donors (Lipinski definition) is 1. The number of likely N-dealkylation sites (tertiary alicyclic amines) is 1. The first-order valence-corrected chi connectivity index (χ1v) is 11.5. The number of nitrogen functional groups attached to an aromatic ring is 1. The van der Waals surface area contributed by atoms with Gasteiger partial charge < -0.3 is 15.1 Å². The van der Waals surface area contributed by atoms with Crippen LogP contribution in [0.1, 0.15) is 25.8 Å². The number of anilines is 1. The van der Waals surface area contributed by atoms with Crippen LogP contribution in [0.3, 0.4) is 0 Å². The van der Waals surface area contributed by atoms with E-state index >= 15 is 0 Å². The molecule has 1 amide bonds. The van der Waals surface area contributed by atoms with Crippen molar-refractivity contribution in [1.82, 2.24) is 19.7 Å². The Morgan fingerprint density at radius 3 is 2.65 bits per heavy atom. The Balaban J connectivity index is 1.38. The molecule has 34 heavy (non-hydrogen) atoms. The van der Waals surface area contributed by atoms with Gasteiger partial charge >= 0.3 is 0 Å². The van der Waals surface area contributed by atoms with E-state index in [2.05, 4.69) is 40.5 Å². The van der Waals surface area contributed by atoms with Crippen LogP contribution in [0, 0.1) is 0 Å². The van der Waals surface area contributed by atoms with Gasteiger partial charge in [0.15, 0.2) is 11.4 Å².